The van der Waals surface area contributed by atoms with Gasteiger partial charge in [-0.05, 0) is 54.5 Å². The van der Waals surface area contributed by atoms with Crippen LogP contribution in [0.5, 0.6) is 0 Å². The number of rotatable bonds is 8. The maximum atomic E-state index is 11.8. The van der Waals surface area contributed by atoms with Crippen molar-refractivity contribution in [2.45, 2.75) is 26.3 Å². The molecule has 1 amide bonds. The van der Waals surface area contributed by atoms with Crippen molar-refractivity contribution in [3.63, 3.8) is 0 Å². The number of amides is 1. The summed E-state index contributed by atoms with van der Waals surface area (Å²) in [5.74, 6) is 0.796. The zero-order valence-corrected chi connectivity index (χ0v) is 18.1. The minimum absolute atomic E-state index is 0.0537. The van der Waals surface area contributed by atoms with E-state index in [-0.39, 0.29) is 5.91 Å². The number of thiophene rings is 1. The first-order chi connectivity index (χ1) is 14.2. The Morgan fingerprint density at radius 1 is 1.28 bits per heavy atom. The molecule has 0 saturated carbocycles. The summed E-state index contributed by atoms with van der Waals surface area (Å²) in [4.78, 5) is 20.5. The zero-order valence-electron chi connectivity index (χ0n) is 17.3. The Balaban J connectivity index is 1.45. The van der Waals surface area contributed by atoms with Crippen LogP contribution in [0.2, 0.25) is 0 Å². The fourth-order valence-electron chi connectivity index (χ4n) is 3.48. The second kappa shape index (κ2) is 11.0. The summed E-state index contributed by atoms with van der Waals surface area (Å²) >= 11 is 1.88. The summed E-state index contributed by atoms with van der Waals surface area (Å²) in [6.45, 7) is 7.59. The Labute approximate surface area is 177 Å². The predicted octanol–water partition coefficient (Wildman–Crippen LogP) is 2.26. The van der Waals surface area contributed by atoms with Gasteiger partial charge in [0.1, 0.15) is 0 Å². The number of benzene rings is 1. The lowest BCUT2D eigenvalue weighted by Gasteiger charge is -2.26. The molecule has 0 fully saturated rings. The van der Waals surface area contributed by atoms with Gasteiger partial charge in [-0.3, -0.25) is 14.7 Å². The molecule has 2 aromatic rings. The highest BCUT2D eigenvalue weighted by molar-refractivity contribution is 7.10. The first kappa shape index (κ1) is 21.3. The number of hydrogen-bond donors (Lipinski definition) is 3. The van der Waals surface area contributed by atoms with Crippen LogP contribution >= 0.6 is 11.3 Å². The van der Waals surface area contributed by atoms with Gasteiger partial charge >= 0.3 is 0 Å². The lowest BCUT2D eigenvalue weighted by molar-refractivity contribution is 0.0963. The fourth-order valence-corrected chi connectivity index (χ4v) is 4.37. The molecule has 0 bridgehead atoms. The average Bonchev–Trinajstić information content (AvgIpc) is 3.21. The number of fused-ring (bicyclic) bond motifs is 1. The van der Waals surface area contributed by atoms with Crippen molar-refractivity contribution in [1.29, 1.82) is 0 Å². The SMILES string of the molecule is CCNC(=NCCN1CCc2sccc2C1)NCCc1cccc(C(=O)NC)c1. The van der Waals surface area contributed by atoms with E-state index in [1.54, 1.807) is 11.9 Å². The minimum atomic E-state index is -0.0537. The number of aliphatic imine (C=N–C) groups is 1. The number of nitrogens with one attached hydrogen (secondary N) is 3. The summed E-state index contributed by atoms with van der Waals surface area (Å²) in [7, 11) is 1.65. The molecule has 1 aliphatic heterocycles. The van der Waals surface area contributed by atoms with E-state index < -0.39 is 0 Å². The molecule has 0 radical (unpaired) electrons. The van der Waals surface area contributed by atoms with Gasteiger partial charge in [0, 0.05) is 50.2 Å². The van der Waals surface area contributed by atoms with E-state index in [0.717, 1.165) is 63.6 Å². The Kier molecular flexibility index (Phi) is 8.07. The molecular formula is C22H31N5OS. The van der Waals surface area contributed by atoms with Crippen LogP contribution in [-0.4, -0.2) is 56.5 Å². The van der Waals surface area contributed by atoms with Gasteiger partial charge in [-0.15, -0.1) is 11.3 Å². The van der Waals surface area contributed by atoms with Crippen molar-refractivity contribution >= 4 is 23.2 Å². The van der Waals surface area contributed by atoms with Gasteiger partial charge in [-0.1, -0.05) is 12.1 Å². The molecule has 6 nitrogen and oxygen atoms in total. The van der Waals surface area contributed by atoms with Crippen LogP contribution in [0.3, 0.4) is 0 Å². The lowest BCUT2D eigenvalue weighted by Crippen LogP contribution is -2.39. The molecule has 0 spiro atoms. The molecule has 1 aromatic carbocycles. The molecule has 0 unspecified atom stereocenters. The molecule has 0 atom stereocenters. The number of carbonyl (C=O) groups is 1. The van der Waals surface area contributed by atoms with Crippen LogP contribution in [0.1, 0.15) is 33.3 Å². The third-order valence-corrected chi connectivity index (χ3v) is 6.06. The molecule has 3 N–H and O–H groups in total. The van der Waals surface area contributed by atoms with Gasteiger partial charge < -0.3 is 16.0 Å². The van der Waals surface area contributed by atoms with Crippen LogP contribution in [0.15, 0.2) is 40.7 Å². The van der Waals surface area contributed by atoms with Gasteiger partial charge in [0.15, 0.2) is 5.96 Å². The molecule has 29 heavy (non-hydrogen) atoms. The van der Waals surface area contributed by atoms with Gasteiger partial charge in [0.2, 0.25) is 0 Å². The molecule has 0 aliphatic carbocycles. The van der Waals surface area contributed by atoms with Crippen molar-refractivity contribution in [1.82, 2.24) is 20.9 Å². The number of carbonyl (C=O) groups excluding carboxylic acids is 1. The highest BCUT2D eigenvalue weighted by atomic mass is 32.1. The van der Waals surface area contributed by atoms with Gasteiger partial charge in [-0.2, -0.15) is 0 Å². The van der Waals surface area contributed by atoms with E-state index in [1.807, 2.05) is 35.6 Å². The standard InChI is InChI=1S/C22H31N5OS/c1-3-24-22(25-10-7-17-5-4-6-18(15-17)21(28)23-2)26-11-13-27-12-8-20-19(16-27)9-14-29-20/h4-6,9,14-15H,3,7-8,10-13,16H2,1-2H3,(H,23,28)(H2,24,25,26). The largest absolute Gasteiger partial charge is 0.357 e. The van der Waals surface area contributed by atoms with Crippen LogP contribution < -0.4 is 16.0 Å². The predicted molar refractivity (Wildman–Crippen MR) is 121 cm³/mol. The Hall–Kier alpha value is -2.38. The normalized spacial score (nSPS) is 14.3. The van der Waals surface area contributed by atoms with Crippen molar-refractivity contribution in [3.05, 3.63) is 57.3 Å². The van der Waals surface area contributed by atoms with Crippen LogP contribution in [0.25, 0.3) is 0 Å². The van der Waals surface area contributed by atoms with Crippen LogP contribution in [0, 0.1) is 0 Å². The summed E-state index contributed by atoms with van der Waals surface area (Å²) in [5.41, 5.74) is 3.31. The smallest absolute Gasteiger partial charge is 0.251 e. The van der Waals surface area contributed by atoms with E-state index in [9.17, 15) is 4.79 Å². The third-order valence-electron chi connectivity index (χ3n) is 5.04. The number of guanidine groups is 1. The van der Waals surface area contributed by atoms with Crippen LogP contribution in [0.4, 0.5) is 0 Å². The van der Waals surface area contributed by atoms with Crippen molar-refractivity contribution in [2.75, 3.05) is 39.8 Å². The summed E-state index contributed by atoms with van der Waals surface area (Å²) in [6.07, 6.45) is 1.99. The van der Waals surface area contributed by atoms with Gasteiger partial charge in [-0.25, -0.2) is 0 Å². The summed E-state index contributed by atoms with van der Waals surface area (Å²) in [5, 5.41) is 11.6. The van der Waals surface area contributed by atoms with Crippen molar-refractivity contribution in [2.24, 2.45) is 4.99 Å². The van der Waals surface area contributed by atoms with Gasteiger partial charge in [0.05, 0.1) is 6.54 Å². The number of nitrogens with zero attached hydrogens (tertiary/aromatic N) is 2. The molecule has 2 heterocycles. The van der Waals surface area contributed by atoms with Crippen molar-refractivity contribution in [3.8, 4) is 0 Å². The first-order valence-electron chi connectivity index (χ1n) is 10.3. The minimum Gasteiger partial charge on any atom is -0.357 e. The maximum absolute atomic E-state index is 11.8. The topological polar surface area (TPSA) is 68.8 Å². The molecular weight excluding hydrogens is 382 g/mol. The first-order valence-corrected chi connectivity index (χ1v) is 11.2. The molecule has 156 valence electrons. The lowest BCUT2D eigenvalue weighted by atomic mass is 10.1. The van der Waals surface area contributed by atoms with Crippen molar-refractivity contribution < 1.29 is 4.79 Å². The zero-order chi connectivity index (χ0) is 20.5. The second-order valence-corrected chi connectivity index (χ2v) is 8.11. The molecule has 0 saturated heterocycles. The molecule has 7 heteroatoms. The Morgan fingerprint density at radius 2 is 2.17 bits per heavy atom. The maximum Gasteiger partial charge on any atom is 0.251 e. The van der Waals surface area contributed by atoms with E-state index >= 15 is 0 Å². The summed E-state index contributed by atoms with van der Waals surface area (Å²) < 4.78 is 0. The van der Waals surface area contributed by atoms with E-state index in [1.165, 1.54) is 5.56 Å². The Bertz CT molecular complexity index is 832. The summed E-state index contributed by atoms with van der Waals surface area (Å²) in [6, 6.07) is 10.0. The quantitative estimate of drug-likeness (QED) is 0.459. The van der Waals surface area contributed by atoms with Gasteiger partial charge in [0.25, 0.3) is 5.91 Å². The molecule has 3 rings (SSSR count). The second-order valence-electron chi connectivity index (χ2n) is 7.11. The highest BCUT2D eigenvalue weighted by Crippen LogP contribution is 2.23. The molecule has 1 aromatic heterocycles. The fraction of sp³-hybridized carbons (Fsp3) is 0.455. The van der Waals surface area contributed by atoms with E-state index in [2.05, 4.69) is 39.2 Å². The monoisotopic (exact) mass is 413 g/mol. The Morgan fingerprint density at radius 3 is 3.00 bits per heavy atom. The van der Waals surface area contributed by atoms with E-state index in [0.29, 0.717) is 5.56 Å². The van der Waals surface area contributed by atoms with E-state index in [4.69, 9.17) is 4.99 Å². The third kappa shape index (κ3) is 6.30. The number of hydrogen-bond acceptors (Lipinski definition) is 4. The highest BCUT2D eigenvalue weighted by Gasteiger charge is 2.16. The van der Waals surface area contributed by atoms with Crippen LogP contribution in [-0.2, 0) is 19.4 Å². The average molecular weight is 414 g/mol. The molecule has 1 aliphatic rings.